The number of amidine groups is 1. The normalized spacial score (nSPS) is 15.0. The van der Waals surface area contributed by atoms with Gasteiger partial charge in [0, 0.05) is 12.1 Å². The Hall–Kier alpha value is -3.67. The molecule has 0 unspecified atom stereocenters. The minimum atomic E-state index is -0.483. The number of non-ortho nitro benzene ring substituents is 1. The number of hydrogen-bond acceptors (Lipinski definition) is 7. The molecular formula is C29H21Br2N3O5S. The fourth-order valence-electron chi connectivity index (χ4n) is 4.08. The molecule has 1 aliphatic rings. The number of nitro benzene ring substituents is 1. The van der Waals surface area contributed by atoms with Crippen molar-refractivity contribution in [3.63, 3.8) is 0 Å². The molecule has 4 aromatic rings. The molecule has 0 atom stereocenters. The van der Waals surface area contributed by atoms with E-state index in [4.69, 9.17) is 9.47 Å². The van der Waals surface area contributed by atoms with Crippen LogP contribution < -0.4 is 14.8 Å². The highest BCUT2D eigenvalue weighted by molar-refractivity contribution is 9.11. The summed E-state index contributed by atoms with van der Waals surface area (Å²) in [5.41, 5.74) is 2.20. The van der Waals surface area contributed by atoms with E-state index < -0.39 is 4.92 Å². The van der Waals surface area contributed by atoms with Gasteiger partial charge in [-0.05, 0) is 96.7 Å². The first kappa shape index (κ1) is 27.9. The number of ether oxygens (including phenoxy) is 2. The van der Waals surface area contributed by atoms with Gasteiger partial charge >= 0.3 is 0 Å². The minimum absolute atomic E-state index is 0.0558. The second-order valence-corrected chi connectivity index (χ2v) is 11.3. The summed E-state index contributed by atoms with van der Waals surface area (Å²) in [6.07, 6.45) is 1.75. The van der Waals surface area contributed by atoms with Crippen LogP contribution in [0.3, 0.4) is 0 Å². The first-order valence-corrected chi connectivity index (χ1v) is 14.5. The van der Waals surface area contributed by atoms with E-state index in [-0.39, 0.29) is 11.6 Å². The van der Waals surface area contributed by atoms with Gasteiger partial charge in [-0.15, -0.1) is 0 Å². The molecule has 8 nitrogen and oxygen atoms in total. The fraction of sp³-hybridized carbons (Fsp3) is 0.103. The summed E-state index contributed by atoms with van der Waals surface area (Å²) in [6, 6.07) is 22.2. The van der Waals surface area contributed by atoms with Crippen LogP contribution in [0.25, 0.3) is 16.8 Å². The van der Waals surface area contributed by atoms with Crippen molar-refractivity contribution in [1.29, 1.82) is 0 Å². The number of carbonyl (C=O) groups is 1. The Labute approximate surface area is 250 Å². The van der Waals surface area contributed by atoms with E-state index in [0.717, 1.165) is 21.9 Å². The van der Waals surface area contributed by atoms with Crippen LogP contribution in [-0.2, 0) is 11.4 Å². The van der Waals surface area contributed by atoms with Crippen LogP contribution in [0.2, 0.25) is 0 Å². The highest BCUT2D eigenvalue weighted by atomic mass is 79.9. The third-order valence-corrected chi connectivity index (χ3v) is 8.03. The summed E-state index contributed by atoms with van der Waals surface area (Å²) in [7, 11) is 0. The summed E-state index contributed by atoms with van der Waals surface area (Å²) in [6.45, 7) is 2.69. The number of thioether (sulfide) groups is 1. The first-order chi connectivity index (χ1) is 19.3. The Kier molecular flexibility index (Phi) is 8.53. The lowest BCUT2D eigenvalue weighted by Gasteiger charge is -2.15. The third-order valence-electron chi connectivity index (χ3n) is 5.90. The van der Waals surface area contributed by atoms with Crippen molar-refractivity contribution in [2.24, 2.45) is 4.99 Å². The molecule has 40 heavy (non-hydrogen) atoms. The molecule has 0 spiro atoms. The van der Waals surface area contributed by atoms with Crippen LogP contribution in [0.4, 0.5) is 11.4 Å². The molecule has 0 aliphatic carbocycles. The summed E-state index contributed by atoms with van der Waals surface area (Å²) in [5.74, 6) is 0.828. The van der Waals surface area contributed by atoms with E-state index in [1.807, 2.05) is 43.3 Å². The molecule has 4 aromatic carbocycles. The topological polar surface area (TPSA) is 103 Å². The zero-order chi connectivity index (χ0) is 28.2. The summed E-state index contributed by atoms with van der Waals surface area (Å²) in [5, 5.41) is 16.4. The Morgan fingerprint density at radius 2 is 1.82 bits per heavy atom. The van der Waals surface area contributed by atoms with Crippen LogP contribution in [0.1, 0.15) is 18.1 Å². The van der Waals surface area contributed by atoms with Crippen LogP contribution >= 0.6 is 43.6 Å². The van der Waals surface area contributed by atoms with Gasteiger partial charge in [-0.3, -0.25) is 14.9 Å². The maximum absolute atomic E-state index is 12.7. The number of nitro groups is 1. The fourth-order valence-corrected chi connectivity index (χ4v) is 5.95. The maximum Gasteiger partial charge on any atom is 0.270 e. The average Bonchev–Trinajstić information content (AvgIpc) is 3.27. The van der Waals surface area contributed by atoms with Crippen molar-refractivity contribution in [3.05, 3.63) is 108 Å². The van der Waals surface area contributed by atoms with Crippen LogP contribution in [0.15, 0.2) is 91.6 Å². The van der Waals surface area contributed by atoms with Gasteiger partial charge < -0.3 is 14.8 Å². The van der Waals surface area contributed by atoms with Crippen molar-refractivity contribution in [1.82, 2.24) is 5.32 Å². The Morgan fingerprint density at radius 1 is 1.02 bits per heavy atom. The first-order valence-electron chi connectivity index (χ1n) is 12.1. The van der Waals surface area contributed by atoms with E-state index in [0.29, 0.717) is 49.4 Å². The smallest absolute Gasteiger partial charge is 0.270 e. The highest BCUT2D eigenvalue weighted by Gasteiger charge is 2.25. The summed E-state index contributed by atoms with van der Waals surface area (Å²) < 4.78 is 13.3. The molecule has 0 bridgehead atoms. The molecule has 5 rings (SSSR count). The third kappa shape index (κ3) is 6.22. The molecule has 202 valence electrons. The number of carbonyl (C=O) groups excluding carboxylic acids is 1. The van der Waals surface area contributed by atoms with Gasteiger partial charge in [0.2, 0.25) is 0 Å². The van der Waals surface area contributed by atoms with Crippen molar-refractivity contribution in [2.45, 2.75) is 13.5 Å². The van der Waals surface area contributed by atoms with Gasteiger partial charge in [0.1, 0.15) is 6.61 Å². The molecule has 0 aromatic heterocycles. The van der Waals surface area contributed by atoms with Crippen molar-refractivity contribution in [3.8, 4) is 11.5 Å². The SMILES string of the molecule is CCOc1cc(/C=C2/SC(=Nc3ccc([N+](=O)[O-])cc3Br)NC2=O)cc(Br)c1OCc1cccc2ccccc12. The lowest BCUT2D eigenvalue weighted by molar-refractivity contribution is -0.384. The number of aliphatic imine (C=N–C) groups is 1. The van der Waals surface area contributed by atoms with Gasteiger partial charge in [0.05, 0.1) is 31.1 Å². The van der Waals surface area contributed by atoms with E-state index in [1.54, 1.807) is 6.08 Å². The van der Waals surface area contributed by atoms with Gasteiger partial charge in [-0.1, -0.05) is 42.5 Å². The summed E-state index contributed by atoms with van der Waals surface area (Å²) >= 11 is 8.10. The number of halogens is 2. The summed E-state index contributed by atoms with van der Waals surface area (Å²) in [4.78, 5) is 28.1. The minimum Gasteiger partial charge on any atom is -0.490 e. The second kappa shape index (κ2) is 12.2. The van der Waals surface area contributed by atoms with E-state index in [9.17, 15) is 14.9 Å². The molecule has 0 radical (unpaired) electrons. The predicted octanol–water partition coefficient (Wildman–Crippen LogP) is 8.14. The number of amides is 1. The van der Waals surface area contributed by atoms with Crippen LogP contribution in [-0.4, -0.2) is 22.6 Å². The molecule has 1 N–H and O–H groups in total. The molecule has 1 fully saturated rings. The average molecular weight is 683 g/mol. The van der Waals surface area contributed by atoms with Crippen molar-refractivity contribution >= 4 is 82.9 Å². The monoisotopic (exact) mass is 681 g/mol. The molecule has 1 amide bonds. The van der Waals surface area contributed by atoms with Crippen molar-refractivity contribution in [2.75, 3.05) is 6.61 Å². The van der Waals surface area contributed by atoms with Gasteiger partial charge in [-0.25, -0.2) is 4.99 Å². The largest absolute Gasteiger partial charge is 0.490 e. The molecule has 1 aliphatic heterocycles. The van der Waals surface area contributed by atoms with Gasteiger partial charge in [0.25, 0.3) is 11.6 Å². The standard InChI is InChI=1S/C29H21Br2N3O5S/c1-2-38-25-13-17(12-23(31)27(25)39-16-19-8-5-7-18-6-3-4-9-21(18)19)14-26-28(35)33-29(40-26)32-24-11-10-20(34(36)37)15-22(24)30/h3-15H,2,16H2,1H3,(H,32,33,35)/b26-14+. The number of hydrogen-bond donors (Lipinski definition) is 1. The molecule has 11 heteroatoms. The van der Waals surface area contributed by atoms with Crippen LogP contribution in [0, 0.1) is 10.1 Å². The van der Waals surface area contributed by atoms with E-state index in [1.165, 1.54) is 30.0 Å². The zero-order valence-electron chi connectivity index (χ0n) is 21.0. The lowest BCUT2D eigenvalue weighted by Crippen LogP contribution is -2.19. The predicted molar refractivity (Wildman–Crippen MR) is 165 cm³/mol. The number of nitrogens with zero attached hydrogens (tertiary/aromatic N) is 2. The van der Waals surface area contributed by atoms with Gasteiger partial charge in [0.15, 0.2) is 16.7 Å². The lowest BCUT2D eigenvalue weighted by atomic mass is 10.1. The molecular weight excluding hydrogens is 662 g/mol. The number of benzene rings is 4. The Bertz CT molecular complexity index is 1700. The Balaban J connectivity index is 1.38. The van der Waals surface area contributed by atoms with E-state index in [2.05, 4.69) is 60.4 Å². The van der Waals surface area contributed by atoms with Crippen molar-refractivity contribution < 1.29 is 19.2 Å². The number of fused-ring (bicyclic) bond motifs is 1. The van der Waals surface area contributed by atoms with E-state index >= 15 is 0 Å². The highest BCUT2D eigenvalue weighted by Crippen LogP contribution is 2.40. The Morgan fingerprint density at radius 3 is 2.60 bits per heavy atom. The quantitative estimate of drug-likeness (QED) is 0.114. The molecule has 1 heterocycles. The maximum atomic E-state index is 12.7. The van der Waals surface area contributed by atoms with Gasteiger partial charge in [-0.2, -0.15) is 0 Å². The number of nitrogens with one attached hydrogen (secondary N) is 1. The number of rotatable bonds is 8. The molecule has 1 saturated heterocycles. The molecule has 0 saturated carbocycles. The second-order valence-electron chi connectivity index (χ2n) is 8.56. The zero-order valence-corrected chi connectivity index (χ0v) is 25.0. The van der Waals surface area contributed by atoms with Crippen LogP contribution in [0.5, 0.6) is 11.5 Å².